The van der Waals surface area contributed by atoms with E-state index < -0.39 is 0 Å². The highest BCUT2D eigenvalue weighted by molar-refractivity contribution is 7.14. The van der Waals surface area contributed by atoms with Crippen LogP contribution in [0.1, 0.15) is 20.2 Å². The molecular formula is C14H11NO2S2. The first-order valence-electron chi connectivity index (χ1n) is 5.77. The molecule has 0 saturated carbocycles. The smallest absolute Gasteiger partial charge is 0.363 e. The summed E-state index contributed by atoms with van der Waals surface area (Å²) in [5.74, 6) is 0.0254. The van der Waals surface area contributed by atoms with Crippen molar-refractivity contribution in [2.24, 2.45) is 4.99 Å². The Bertz CT molecular complexity index is 707. The fourth-order valence-electron chi connectivity index (χ4n) is 1.72. The molecule has 0 amide bonds. The highest BCUT2D eigenvalue weighted by Gasteiger charge is 2.25. The van der Waals surface area contributed by atoms with Gasteiger partial charge in [-0.05, 0) is 49.1 Å². The van der Waals surface area contributed by atoms with Crippen LogP contribution in [0, 0.1) is 13.8 Å². The first-order chi connectivity index (χ1) is 9.13. The van der Waals surface area contributed by atoms with E-state index in [2.05, 4.69) is 4.99 Å². The van der Waals surface area contributed by atoms with Crippen LogP contribution in [0.2, 0.25) is 0 Å². The number of hydrogen-bond acceptors (Lipinski definition) is 5. The highest BCUT2D eigenvalue weighted by Crippen LogP contribution is 2.25. The number of ether oxygens (including phenoxy) is 1. The van der Waals surface area contributed by atoms with Crippen LogP contribution in [0.5, 0.6) is 0 Å². The van der Waals surface area contributed by atoms with Gasteiger partial charge in [0.2, 0.25) is 5.90 Å². The van der Waals surface area contributed by atoms with E-state index in [1.807, 2.05) is 37.4 Å². The molecule has 0 aromatic carbocycles. The van der Waals surface area contributed by atoms with Gasteiger partial charge in [-0.1, -0.05) is 0 Å². The summed E-state index contributed by atoms with van der Waals surface area (Å²) in [4.78, 5) is 19.2. The molecule has 2 aromatic heterocycles. The number of carbonyl (C=O) groups is 1. The predicted molar refractivity (Wildman–Crippen MR) is 78.7 cm³/mol. The van der Waals surface area contributed by atoms with Crippen molar-refractivity contribution < 1.29 is 9.53 Å². The van der Waals surface area contributed by atoms with E-state index in [1.165, 1.54) is 4.88 Å². The van der Waals surface area contributed by atoms with Gasteiger partial charge in [-0.2, -0.15) is 0 Å². The number of thiophene rings is 2. The number of esters is 1. The Morgan fingerprint density at radius 3 is 2.74 bits per heavy atom. The summed E-state index contributed by atoms with van der Waals surface area (Å²) in [6.07, 6.45) is 1.79. The van der Waals surface area contributed by atoms with Crippen LogP contribution in [-0.4, -0.2) is 11.9 Å². The molecule has 19 heavy (non-hydrogen) atoms. The van der Waals surface area contributed by atoms with Crippen molar-refractivity contribution in [1.82, 2.24) is 0 Å². The van der Waals surface area contributed by atoms with E-state index in [4.69, 9.17) is 4.74 Å². The zero-order valence-electron chi connectivity index (χ0n) is 10.5. The maximum atomic E-state index is 11.8. The molecular weight excluding hydrogens is 278 g/mol. The quantitative estimate of drug-likeness (QED) is 0.623. The van der Waals surface area contributed by atoms with Crippen LogP contribution in [0.15, 0.2) is 34.3 Å². The predicted octanol–water partition coefficient (Wildman–Crippen LogP) is 3.77. The lowest BCUT2D eigenvalue weighted by Gasteiger charge is -1.93. The number of hydrogen-bond donors (Lipinski definition) is 0. The topological polar surface area (TPSA) is 38.7 Å². The number of aryl methyl sites for hydroxylation is 2. The second kappa shape index (κ2) is 4.75. The van der Waals surface area contributed by atoms with E-state index in [0.29, 0.717) is 11.6 Å². The lowest BCUT2D eigenvalue weighted by molar-refractivity contribution is -0.129. The Morgan fingerprint density at radius 1 is 1.26 bits per heavy atom. The van der Waals surface area contributed by atoms with Gasteiger partial charge in [-0.15, -0.1) is 22.7 Å². The molecule has 1 aliphatic rings. The second-order valence-corrected chi connectivity index (χ2v) is 6.45. The molecule has 5 heteroatoms. The van der Waals surface area contributed by atoms with Crippen LogP contribution in [0.4, 0.5) is 0 Å². The monoisotopic (exact) mass is 289 g/mol. The molecule has 0 spiro atoms. The van der Waals surface area contributed by atoms with E-state index in [1.54, 1.807) is 28.7 Å². The van der Waals surface area contributed by atoms with Gasteiger partial charge >= 0.3 is 5.97 Å². The number of nitrogens with zero attached hydrogens (tertiary/aromatic N) is 1. The van der Waals surface area contributed by atoms with Crippen LogP contribution < -0.4 is 0 Å². The lowest BCUT2D eigenvalue weighted by atomic mass is 10.2. The van der Waals surface area contributed by atoms with Crippen LogP contribution in [0.25, 0.3) is 6.08 Å². The molecule has 0 fully saturated rings. The van der Waals surface area contributed by atoms with Crippen LogP contribution in [-0.2, 0) is 9.53 Å². The SMILES string of the molecule is Cc1ccc(C2=NC(=Cc3sccc3C)C(=O)O2)s1. The van der Waals surface area contributed by atoms with Crippen molar-refractivity contribution in [3.63, 3.8) is 0 Å². The fraction of sp³-hybridized carbons (Fsp3) is 0.143. The summed E-state index contributed by atoms with van der Waals surface area (Å²) in [5, 5.41) is 2.00. The minimum absolute atomic E-state index is 0.367. The van der Waals surface area contributed by atoms with Gasteiger partial charge < -0.3 is 4.74 Å². The van der Waals surface area contributed by atoms with Gasteiger partial charge in [-0.25, -0.2) is 9.79 Å². The summed E-state index contributed by atoms with van der Waals surface area (Å²) in [5.41, 5.74) is 1.51. The zero-order chi connectivity index (χ0) is 13.4. The summed E-state index contributed by atoms with van der Waals surface area (Å²) in [7, 11) is 0. The van der Waals surface area contributed by atoms with Gasteiger partial charge in [0.1, 0.15) is 0 Å². The first kappa shape index (κ1) is 12.3. The summed E-state index contributed by atoms with van der Waals surface area (Å²) < 4.78 is 5.22. The van der Waals surface area contributed by atoms with Crippen molar-refractivity contribution in [3.8, 4) is 0 Å². The Balaban J connectivity index is 1.96. The van der Waals surface area contributed by atoms with Crippen molar-refractivity contribution >= 4 is 40.6 Å². The normalized spacial score (nSPS) is 16.8. The Morgan fingerprint density at radius 2 is 2.11 bits per heavy atom. The highest BCUT2D eigenvalue weighted by atomic mass is 32.1. The number of cyclic esters (lactones) is 1. The third-order valence-electron chi connectivity index (χ3n) is 2.74. The molecule has 3 heterocycles. The minimum Gasteiger partial charge on any atom is -0.401 e. The second-order valence-electron chi connectivity index (χ2n) is 4.21. The standard InChI is InChI=1S/C14H11NO2S2/c1-8-5-6-18-12(8)7-10-14(16)17-13(15-10)11-4-3-9(2)19-11/h3-7H,1-2H3. The molecule has 0 saturated heterocycles. The first-order valence-corrected chi connectivity index (χ1v) is 7.46. The van der Waals surface area contributed by atoms with Crippen molar-refractivity contribution in [1.29, 1.82) is 0 Å². The van der Waals surface area contributed by atoms with Gasteiger partial charge in [0.25, 0.3) is 0 Å². The molecule has 96 valence electrons. The van der Waals surface area contributed by atoms with Crippen molar-refractivity contribution in [3.05, 3.63) is 49.5 Å². The molecule has 0 N–H and O–H groups in total. The van der Waals surface area contributed by atoms with Gasteiger partial charge in [-0.3, -0.25) is 0 Å². The van der Waals surface area contributed by atoms with Crippen molar-refractivity contribution in [2.75, 3.05) is 0 Å². The molecule has 0 bridgehead atoms. The Labute approximate surface area is 118 Å². The van der Waals surface area contributed by atoms with Gasteiger partial charge in [0, 0.05) is 9.75 Å². The summed E-state index contributed by atoms with van der Waals surface area (Å²) >= 11 is 3.16. The zero-order valence-corrected chi connectivity index (χ0v) is 12.1. The van der Waals surface area contributed by atoms with Crippen LogP contribution in [0.3, 0.4) is 0 Å². The molecule has 2 aromatic rings. The maximum Gasteiger partial charge on any atom is 0.363 e. The molecule has 1 aliphatic heterocycles. The third-order valence-corrected chi connectivity index (χ3v) is 4.70. The minimum atomic E-state index is -0.381. The summed E-state index contributed by atoms with van der Waals surface area (Å²) in [6, 6.07) is 5.93. The van der Waals surface area contributed by atoms with E-state index in [9.17, 15) is 4.79 Å². The lowest BCUT2D eigenvalue weighted by Crippen LogP contribution is -2.03. The van der Waals surface area contributed by atoms with Gasteiger partial charge in [0.05, 0.1) is 4.88 Å². The van der Waals surface area contributed by atoms with E-state index >= 15 is 0 Å². The summed E-state index contributed by atoms with van der Waals surface area (Å²) in [6.45, 7) is 4.02. The number of carbonyl (C=O) groups excluding carboxylic acids is 1. The molecule has 3 nitrogen and oxygen atoms in total. The molecule has 0 atom stereocenters. The van der Waals surface area contributed by atoms with Crippen molar-refractivity contribution in [2.45, 2.75) is 13.8 Å². The molecule has 0 aliphatic carbocycles. The van der Waals surface area contributed by atoms with Gasteiger partial charge in [0.15, 0.2) is 5.70 Å². The molecule has 0 unspecified atom stereocenters. The average molecular weight is 289 g/mol. The van der Waals surface area contributed by atoms with E-state index in [-0.39, 0.29) is 5.97 Å². The maximum absolute atomic E-state index is 11.8. The molecule has 0 radical (unpaired) electrons. The molecule has 3 rings (SSSR count). The largest absolute Gasteiger partial charge is 0.401 e. The Hall–Kier alpha value is -1.72. The Kier molecular flexibility index (Phi) is 3.08. The fourth-order valence-corrected chi connectivity index (χ4v) is 3.37. The number of rotatable bonds is 2. The van der Waals surface area contributed by atoms with E-state index in [0.717, 1.165) is 15.3 Å². The average Bonchev–Trinajstić information content (AvgIpc) is 3.04. The third kappa shape index (κ3) is 2.39. The number of aliphatic imine (C=N–C) groups is 1. The van der Waals surface area contributed by atoms with Crippen LogP contribution >= 0.6 is 22.7 Å².